The second kappa shape index (κ2) is 3.26. The van der Waals surface area contributed by atoms with E-state index in [1.54, 1.807) is 0 Å². The monoisotopic (exact) mass is 206 g/mol. The molecule has 0 radical (unpaired) electrons. The van der Waals surface area contributed by atoms with E-state index in [-0.39, 0.29) is 11.9 Å². The van der Waals surface area contributed by atoms with Crippen LogP contribution in [0.1, 0.15) is 20.3 Å². The zero-order valence-electron chi connectivity index (χ0n) is 7.73. The van der Waals surface area contributed by atoms with Crippen molar-refractivity contribution >= 4 is 15.9 Å². The maximum Gasteiger partial charge on any atom is 0.242 e. The first-order valence-electron chi connectivity index (χ1n) is 4.16. The quantitative estimate of drug-likeness (QED) is 0.647. The van der Waals surface area contributed by atoms with E-state index in [1.807, 2.05) is 13.8 Å². The van der Waals surface area contributed by atoms with Crippen LogP contribution in [-0.4, -0.2) is 37.1 Å². The standard InChI is InChI=1S/C7H14N2O3S/c1-5(2)9-4-3-6(7(9)10)13(8,11)12/h5-6H,3-4H2,1-2H3,(H2,8,11,12). The highest BCUT2D eigenvalue weighted by molar-refractivity contribution is 7.90. The summed E-state index contributed by atoms with van der Waals surface area (Å²) in [5.74, 6) is -0.363. The third-order valence-electron chi connectivity index (χ3n) is 2.21. The highest BCUT2D eigenvalue weighted by Crippen LogP contribution is 2.18. The number of rotatable bonds is 2. The molecule has 1 heterocycles. The molecular formula is C7H14N2O3S. The molecule has 1 rings (SSSR count). The summed E-state index contributed by atoms with van der Waals surface area (Å²) in [4.78, 5) is 13.0. The third-order valence-corrected chi connectivity index (χ3v) is 3.44. The van der Waals surface area contributed by atoms with Crippen molar-refractivity contribution in [3.8, 4) is 0 Å². The van der Waals surface area contributed by atoms with Crippen LogP contribution in [0.25, 0.3) is 0 Å². The topological polar surface area (TPSA) is 80.5 Å². The van der Waals surface area contributed by atoms with E-state index in [0.29, 0.717) is 13.0 Å². The Bertz CT molecular complexity index is 310. The lowest BCUT2D eigenvalue weighted by Gasteiger charge is -2.20. The molecule has 1 aliphatic heterocycles. The van der Waals surface area contributed by atoms with Crippen LogP contribution in [0.3, 0.4) is 0 Å². The number of amides is 1. The van der Waals surface area contributed by atoms with E-state index in [2.05, 4.69) is 0 Å². The average molecular weight is 206 g/mol. The first-order valence-corrected chi connectivity index (χ1v) is 5.77. The van der Waals surface area contributed by atoms with E-state index in [9.17, 15) is 13.2 Å². The fourth-order valence-electron chi connectivity index (χ4n) is 1.49. The summed E-state index contributed by atoms with van der Waals surface area (Å²) in [6.07, 6.45) is 0.315. The minimum atomic E-state index is -3.71. The summed E-state index contributed by atoms with van der Waals surface area (Å²) < 4.78 is 21.9. The third kappa shape index (κ3) is 2.00. The molecule has 1 unspecified atom stereocenters. The molecule has 5 nitrogen and oxygen atoms in total. The molecule has 0 bridgehead atoms. The molecule has 1 atom stereocenters. The van der Waals surface area contributed by atoms with Crippen LogP contribution in [0, 0.1) is 0 Å². The minimum absolute atomic E-state index is 0.0410. The first-order chi connectivity index (χ1) is 5.84. The van der Waals surface area contributed by atoms with Gasteiger partial charge in [0.1, 0.15) is 0 Å². The van der Waals surface area contributed by atoms with Gasteiger partial charge in [-0.1, -0.05) is 0 Å². The Morgan fingerprint density at radius 1 is 1.54 bits per heavy atom. The number of nitrogens with two attached hydrogens (primary N) is 1. The van der Waals surface area contributed by atoms with Crippen molar-refractivity contribution in [2.75, 3.05) is 6.54 Å². The molecule has 0 aromatic heterocycles. The Morgan fingerprint density at radius 3 is 2.31 bits per heavy atom. The molecule has 76 valence electrons. The van der Waals surface area contributed by atoms with E-state index in [1.165, 1.54) is 4.90 Å². The molecule has 0 spiro atoms. The van der Waals surface area contributed by atoms with Crippen LogP contribution in [0.4, 0.5) is 0 Å². The van der Waals surface area contributed by atoms with Gasteiger partial charge in [-0.15, -0.1) is 0 Å². The van der Waals surface area contributed by atoms with Crippen LogP contribution in [0.15, 0.2) is 0 Å². The molecule has 0 aliphatic carbocycles. The maximum atomic E-state index is 11.5. The van der Waals surface area contributed by atoms with Crippen LogP contribution >= 0.6 is 0 Å². The Labute approximate surface area is 77.9 Å². The molecular weight excluding hydrogens is 192 g/mol. The van der Waals surface area contributed by atoms with Crippen LogP contribution < -0.4 is 5.14 Å². The Morgan fingerprint density at radius 2 is 2.08 bits per heavy atom. The first kappa shape index (κ1) is 10.5. The molecule has 0 aromatic rings. The van der Waals surface area contributed by atoms with Gasteiger partial charge in [0, 0.05) is 12.6 Å². The number of carbonyl (C=O) groups is 1. The van der Waals surface area contributed by atoms with Crippen molar-refractivity contribution in [3.63, 3.8) is 0 Å². The predicted octanol–water partition coefficient (Wildman–Crippen LogP) is -0.716. The summed E-state index contributed by atoms with van der Waals surface area (Å²) >= 11 is 0. The van der Waals surface area contributed by atoms with Crippen molar-refractivity contribution < 1.29 is 13.2 Å². The molecule has 13 heavy (non-hydrogen) atoms. The SMILES string of the molecule is CC(C)N1CCC(S(N)(=O)=O)C1=O. The van der Waals surface area contributed by atoms with Gasteiger partial charge in [-0.05, 0) is 20.3 Å². The van der Waals surface area contributed by atoms with Gasteiger partial charge in [0.15, 0.2) is 5.25 Å². The molecule has 1 aliphatic rings. The van der Waals surface area contributed by atoms with Gasteiger partial charge in [-0.2, -0.15) is 0 Å². The summed E-state index contributed by atoms with van der Waals surface area (Å²) in [6.45, 7) is 4.18. The normalized spacial score (nSPS) is 24.5. The molecule has 2 N–H and O–H groups in total. The number of hydrogen-bond donors (Lipinski definition) is 1. The predicted molar refractivity (Wildman–Crippen MR) is 48.4 cm³/mol. The van der Waals surface area contributed by atoms with Crippen molar-refractivity contribution in [2.45, 2.75) is 31.6 Å². The largest absolute Gasteiger partial charge is 0.339 e. The van der Waals surface area contributed by atoms with Gasteiger partial charge in [-0.25, -0.2) is 13.6 Å². The fraction of sp³-hybridized carbons (Fsp3) is 0.857. The minimum Gasteiger partial charge on any atom is -0.339 e. The number of likely N-dealkylation sites (tertiary alicyclic amines) is 1. The lowest BCUT2D eigenvalue weighted by atomic mass is 10.3. The van der Waals surface area contributed by atoms with E-state index >= 15 is 0 Å². The molecule has 0 saturated carbocycles. The second-order valence-electron chi connectivity index (χ2n) is 3.49. The molecule has 6 heteroatoms. The van der Waals surface area contributed by atoms with E-state index < -0.39 is 15.3 Å². The highest BCUT2D eigenvalue weighted by atomic mass is 32.2. The average Bonchev–Trinajstić information content (AvgIpc) is 2.28. The Balaban J connectivity index is 2.84. The summed E-state index contributed by atoms with van der Waals surface area (Å²) in [5.41, 5.74) is 0. The van der Waals surface area contributed by atoms with Gasteiger partial charge in [0.05, 0.1) is 0 Å². The number of carbonyl (C=O) groups excluding carboxylic acids is 1. The van der Waals surface area contributed by atoms with Crippen LogP contribution in [0.2, 0.25) is 0 Å². The van der Waals surface area contributed by atoms with Crippen molar-refractivity contribution in [3.05, 3.63) is 0 Å². The van der Waals surface area contributed by atoms with Crippen molar-refractivity contribution in [1.29, 1.82) is 0 Å². The van der Waals surface area contributed by atoms with Gasteiger partial charge in [-0.3, -0.25) is 4.79 Å². The molecule has 1 fully saturated rings. The number of nitrogens with zero attached hydrogens (tertiary/aromatic N) is 1. The summed E-state index contributed by atoms with van der Waals surface area (Å²) in [6, 6.07) is 0.0410. The Kier molecular flexibility index (Phi) is 2.63. The van der Waals surface area contributed by atoms with Gasteiger partial charge < -0.3 is 4.90 Å². The molecule has 0 aromatic carbocycles. The van der Waals surface area contributed by atoms with E-state index in [0.717, 1.165) is 0 Å². The Hall–Kier alpha value is -0.620. The maximum absolute atomic E-state index is 11.5. The zero-order valence-corrected chi connectivity index (χ0v) is 8.54. The molecule has 1 saturated heterocycles. The summed E-state index contributed by atoms with van der Waals surface area (Å²) in [5, 5.41) is 3.90. The number of primary sulfonamides is 1. The van der Waals surface area contributed by atoms with Crippen molar-refractivity contribution in [2.24, 2.45) is 5.14 Å². The zero-order chi connectivity index (χ0) is 10.2. The van der Waals surface area contributed by atoms with Crippen LogP contribution in [-0.2, 0) is 14.8 Å². The van der Waals surface area contributed by atoms with E-state index in [4.69, 9.17) is 5.14 Å². The van der Waals surface area contributed by atoms with Gasteiger partial charge in [0.25, 0.3) is 0 Å². The number of sulfonamides is 1. The number of hydrogen-bond acceptors (Lipinski definition) is 3. The fourth-order valence-corrected chi connectivity index (χ4v) is 2.34. The molecule has 1 amide bonds. The van der Waals surface area contributed by atoms with Crippen LogP contribution in [0.5, 0.6) is 0 Å². The summed E-state index contributed by atoms with van der Waals surface area (Å²) in [7, 11) is -3.71. The smallest absolute Gasteiger partial charge is 0.242 e. The lowest BCUT2D eigenvalue weighted by Crippen LogP contribution is -2.39. The second-order valence-corrected chi connectivity index (χ2v) is 5.24. The van der Waals surface area contributed by atoms with Crippen molar-refractivity contribution in [1.82, 2.24) is 4.90 Å². The van der Waals surface area contributed by atoms with Gasteiger partial charge in [0.2, 0.25) is 15.9 Å². The highest BCUT2D eigenvalue weighted by Gasteiger charge is 2.39. The van der Waals surface area contributed by atoms with Gasteiger partial charge >= 0.3 is 0 Å². The lowest BCUT2D eigenvalue weighted by molar-refractivity contribution is -0.128.